The maximum Gasteiger partial charge on any atom is 0.118 e. The van der Waals surface area contributed by atoms with Crippen LogP contribution < -0.4 is 24.8 Å². The van der Waals surface area contributed by atoms with Gasteiger partial charge in [-0.3, -0.25) is 6.08 Å². The van der Waals surface area contributed by atoms with Gasteiger partial charge in [-0.1, -0.05) is 32.9 Å². The molecule has 1 aliphatic rings. The summed E-state index contributed by atoms with van der Waals surface area (Å²) in [6.07, 6.45) is 8.63. The standard InChI is InChI=1S/C9H13.C8H10O.C3H6.2ClH.Ti/c1-9(2,3)8-6-4-5-7-8;1-6-4-3-5-8(9)7(6)2;1-3-2;;;/h4,6H,5H2,1-3H3;3-5,9H,1-2H3;1-2H3;2*1H;/q-1;;;;;+1/p-2. The van der Waals surface area contributed by atoms with E-state index in [0.29, 0.717) is 11.2 Å². The number of aromatic hydroxyl groups is 1. The third-order valence-electron chi connectivity index (χ3n) is 3.08. The summed E-state index contributed by atoms with van der Waals surface area (Å²) in [6, 6.07) is 5.52. The molecule has 4 heteroatoms. The van der Waals surface area contributed by atoms with Gasteiger partial charge in [0.05, 0.1) is 0 Å². The van der Waals surface area contributed by atoms with Crippen molar-refractivity contribution in [3.8, 4) is 5.75 Å². The molecule has 0 unspecified atom stereocenters. The van der Waals surface area contributed by atoms with Crippen molar-refractivity contribution in [3.63, 3.8) is 0 Å². The Labute approximate surface area is 172 Å². The average molecular weight is 404 g/mol. The van der Waals surface area contributed by atoms with Crippen molar-refractivity contribution in [2.24, 2.45) is 5.41 Å². The minimum absolute atomic E-state index is 0. The molecule has 0 radical (unpaired) electrons. The molecule has 1 N–H and O–H groups in total. The van der Waals surface area contributed by atoms with E-state index in [-0.39, 0.29) is 24.8 Å². The maximum absolute atomic E-state index is 9.10. The Morgan fingerprint density at radius 2 is 1.62 bits per heavy atom. The van der Waals surface area contributed by atoms with Gasteiger partial charge in [0.1, 0.15) is 5.75 Å². The van der Waals surface area contributed by atoms with Crippen LogP contribution in [0.3, 0.4) is 0 Å². The van der Waals surface area contributed by atoms with Crippen LogP contribution in [0, 0.1) is 25.3 Å². The fraction of sp³-hybridized carbons (Fsp3) is 0.450. The number of phenols is 1. The molecule has 0 saturated heterocycles. The van der Waals surface area contributed by atoms with Crippen molar-refractivity contribution < 1.29 is 49.9 Å². The number of hydrogen-bond acceptors (Lipinski definition) is 1. The molecule has 1 aromatic carbocycles. The van der Waals surface area contributed by atoms with Crippen LogP contribution in [0.4, 0.5) is 0 Å². The minimum Gasteiger partial charge on any atom is -1.00 e. The Balaban J connectivity index is -0.000000283. The molecule has 0 spiro atoms. The predicted molar refractivity (Wildman–Crippen MR) is 93.9 cm³/mol. The molecular weight excluding hydrogens is 375 g/mol. The fourth-order valence-corrected chi connectivity index (χ4v) is 1.66. The van der Waals surface area contributed by atoms with E-state index in [9.17, 15) is 0 Å². The van der Waals surface area contributed by atoms with Gasteiger partial charge in [-0.2, -0.15) is 6.08 Å². The number of halogens is 2. The Bertz CT molecular complexity index is 531. The smallest absolute Gasteiger partial charge is 0.118 e. The molecule has 0 aromatic heterocycles. The van der Waals surface area contributed by atoms with Gasteiger partial charge in [-0.15, -0.1) is 6.42 Å². The predicted octanol–water partition coefficient (Wildman–Crippen LogP) is -0.516. The number of rotatable bonds is 0. The zero-order chi connectivity index (χ0) is 17.3. The summed E-state index contributed by atoms with van der Waals surface area (Å²) in [5, 5.41) is 9.10. The largest absolute Gasteiger partial charge is 1.00 e. The number of benzene rings is 1. The van der Waals surface area contributed by atoms with Crippen molar-refractivity contribution in [2.45, 2.75) is 54.9 Å². The molecule has 0 amide bonds. The first kappa shape index (κ1) is 28.5. The summed E-state index contributed by atoms with van der Waals surface area (Å²) in [5.74, 6) is 0.384. The van der Waals surface area contributed by atoms with Crippen molar-refractivity contribution in [1.82, 2.24) is 0 Å². The SMILES string of the molecule is CC(C)(C)C1=[C-]CC=C1.C[C](C)=[Ti+].Cc1cccc(O)c1C.[Cl-].[Cl-]. The summed E-state index contributed by atoms with van der Waals surface area (Å²) in [5.41, 5.74) is 3.75. The number of aryl methyl sites for hydroxylation is 1. The third-order valence-corrected chi connectivity index (χ3v) is 3.08. The second kappa shape index (κ2) is 13.9. The van der Waals surface area contributed by atoms with Crippen molar-refractivity contribution >= 4 is 3.81 Å². The van der Waals surface area contributed by atoms with Gasteiger partial charge in [0.2, 0.25) is 0 Å². The van der Waals surface area contributed by atoms with Crippen LogP contribution in [0.15, 0.2) is 35.9 Å². The van der Waals surface area contributed by atoms with E-state index in [2.05, 4.69) is 72.8 Å². The van der Waals surface area contributed by atoms with E-state index in [1.807, 2.05) is 26.0 Å². The summed E-state index contributed by atoms with van der Waals surface area (Å²) < 4.78 is 1.42. The van der Waals surface area contributed by atoms with E-state index in [1.165, 1.54) is 9.38 Å². The fourth-order valence-electron chi connectivity index (χ4n) is 1.66. The zero-order valence-electron chi connectivity index (χ0n) is 15.8. The molecule has 0 fully saturated rings. The van der Waals surface area contributed by atoms with E-state index in [0.717, 1.165) is 17.5 Å². The molecule has 0 bridgehead atoms. The Kier molecular flexibility index (Phi) is 16.5. The van der Waals surface area contributed by atoms with Gasteiger partial charge in [0, 0.05) is 0 Å². The topological polar surface area (TPSA) is 20.2 Å². The molecule has 0 heterocycles. The summed E-state index contributed by atoms with van der Waals surface area (Å²) in [6.45, 7) is 14.7. The Hall–Kier alpha value is -0.336. The molecular formula is C20H29Cl2OTi-2. The normalized spacial score (nSPS) is 11.6. The van der Waals surface area contributed by atoms with E-state index < -0.39 is 0 Å². The Morgan fingerprint density at radius 1 is 1.12 bits per heavy atom. The molecule has 2 rings (SSSR count). The van der Waals surface area contributed by atoms with E-state index >= 15 is 0 Å². The third kappa shape index (κ3) is 13.0. The molecule has 1 aliphatic carbocycles. The van der Waals surface area contributed by atoms with E-state index in [4.69, 9.17) is 5.11 Å². The molecule has 0 atom stereocenters. The number of hydrogen-bond donors (Lipinski definition) is 1. The van der Waals surface area contributed by atoms with Gasteiger partial charge in [-0.05, 0) is 36.5 Å². The first-order valence-electron chi connectivity index (χ1n) is 7.60. The first-order valence-corrected chi connectivity index (χ1v) is 8.38. The van der Waals surface area contributed by atoms with Crippen LogP contribution >= 0.6 is 0 Å². The molecule has 24 heavy (non-hydrogen) atoms. The molecule has 135 valence electrons. The van der Waals surface area contributed by atoms with Crippen LogP contribution in [0.2, 0.25) is 0 Å². The molecule has 1 nitrogen and oxygen atoms in total. The second-order valence-corrected chi connectivity index (χ2v) is 8.23. The molecule has 1 aromatic rings. The monoisotopic (exact) mass is 403 g/mol. The number of phenolic OH excluding ortho intramolecular Hbond substituents is 1. The van der Waals surface area contributed by atoms with Crippen LogP contribution in [-0.4, -0.2) is 8.92 Å². The number of allylic oxidation sites excluding steroid dienone is 4. The van der Waals surface area contributed by atoms with Crippen molar-refractivity contribution in [3.05, 3.63) is 53.1 Å². The van der Waals surface area contributed by atoms with Crippen LogP contribution in [0.1, 0.15) is 52.2 Å². The molecule has 0 aliphatic heterocycles. The minimum atomic E-state index is 0. The first-order chi connectivity index (χ1) is 10.1. The second-order valence-electron chi connectivity index (χ2n) is 6.67. The van der Waals surface area contributed by atoms with Gasteiger partial charge in [0.15, 0.2) is 0 Å². The van der Waals surface area contributed by atoms with Crippen LogP contribution in [-0.2, 0) is 20.0 Å². The summed E-state index contributed by atoms with van der Waals surface area (Å²) in [7, 11) is 0. The van der Waals surface area contributed by atoms with Crippen molar-refractivity contribution in [2.75, 3.05) is 0 Å². The maximum atomic E-state index is 9.10. The average Bonchev–Trinajstić information content (AvgIpc) is 2.89. The summed E-state index contributed by atoms with van der Waals surface area (Å²) in [4.78, 5) is 0. The van der Waals surface area contributed by atoms with Gasteiger partial charge >= 0.3 is 37.6 Å². The quantitative estimate of drug-likeness (QED) is 0.456. The van der Waals surface area contributed by atoms with Gasteiger partial charge in [-0.25, -0.2) is 11.6 Å². The van der Waals surface area contributed by atoms with Gasteiger partial charge in [0.25, 0.3) is 0 Å². The van der Waals surface area contributed by atoms with E-state index in [1.54, 1.807) is 6.07 Å². The van der Waals surface area contributed by atoms with Crippen molar-refractivity contribution in [1.29, 1.82) is 0 Å². The molecule has 0 saturated carbocycles. The van der Waals surface area contributed by atoms with Gasteiger partial charge < -0.3 is 29.9 Å². The van der Waals surface area contributed by atoms with Crippen LogP contribution in [0.5, 0.6) is 5.75 Å². The van der Waals surface area contributed by atoms with Crippen LogP contribution in [0.25, 0.3) is 0 Å². The zero-order valence-corrected chi connectivity index (χ0v) is 18.9. The Morgan fingerprint density at radius 3 is 1.88 bits per heavy atom. The summed E-state index contributed by atoms with van der Waals surface area (Å²) >= 11 is 2.08.